The van der Waals surface area contributed by atoms with Crippen molar-refractivity contribution in [2.24, 2.45) is 0 Å². The van der Waals surface area contributed by atoms with Crippen molar-refractivity contribution >= 4 is 22.4 Å². The lowest BCUT2D eigenvalue weighted by molar-refractivity contribution is 0.0996. The average molecular weight is 406 g/mol. The summed E-state index contributed by atoms with van der Waals surface area (Å²) in [6.07, 6.45) is 1.46. The van der Waals surface area contributed by atoms with Crippen LogP contribution in [0.3, 0.4) is 0 Å². The van der Waals surface area contributed by atoms with Crippen molar-refractivity contribution in [3.8, 4) is 33.2 Å². The molecule has 2 aromatic carbocycles. The molecule has 0 aliphatic heterocycles. The third-order valence-corrected chi connectivity index (χ3v) is 5.33. The van der Waals surface area contributed by atoms with Crippen LogP contribution < -0.4 is 14.8 Å². The lowest BCUT2D eigenvalue weighted by atomic mass is 10.1. The number of amides is 1. The van der Waals surface area contributed by atoms with Crippen LogP contribution in [0.25, 0.3) is 21.7 Å². The standard InChI is InChI=1S/C22H18N2O4S/c1-26-16-9-5-14(6-10-16)19-20(15-7-11-17(27-2)12-8-15)29-22(23-19)24-21(25)18-4-3-13-28-18/h3-13H,1-2H3,(H,23,24,25). The smallest absolute Gasteiger partial charge is 0.293 e. The molecule has 0 saturated carbocycles. The van der Waals surface area contributed by atoms with Crippen molar-refractivity contribution in [2.45, 2.75) is 0 Å². The van der Waals surface area contributed by atoms with E-state index in [0.29, 0.717) is 5.13 Å². The molecule has 1 N–H and O–H groups in total. The van der Waals surface area contributed by atoms with Gasteiger partial charge in [-0.2, -0.15) is 0 Å². The molecular weight excluding hydrogens is 388 g/mol. The Kier molecular flexibility index (Phi) is 5.31. The predicted octanol–water partition coefficient (Wildman–Crippen LogP) is 5.34. The summed E-state index contributed by atoms with van der Waals surface area (Å²) in [5.74, 6) is 1.43. The number of carbonyl (C=O) groups excluding carboxylic acids is 1. The van der Waals surface area contributed by atoms with E-state index in [1.807, 2.05) is 48.5 Å². The molecule has 6 nitrogen and oxygen atoms in total. The number of hydrogen-bond donors (Lipinski definition) is 1. The third-order valence-electron chi connectivity index (χ3n) is 4.31. The van der Waals surface area contributed by atoms with E-state index in [9.17, 15) is 4.79 Å². The normalized spacial score (nSPS) is 10.6. The molecule has 4 aromatic rings. The molecule has 2 aromatic heterocycles. The number of hydrogen-bond acceptors (Lipinski definition) is 6. The van der Waals surface area contributed by atoms with Gasteiger partial charge in [-0.25, -0.2) is 4.98 Å². The molecule has 0 aliphatic carbocycles. The van der Waals surface area contributed by atoms with Gasteiger partial charge < -0.3 is 13.9 Å². The number of nitrogens with zero attached hydrogens (tertiary/aromatic N) is 1. The monoisotopic (exact) mass is 406 g/mol. The van der Waals surface area contributed by atoms with E-state index in [1.165, 1.54) is 17.6 Å². The minimum Gasteiger partial charge on any atom is -0.497 e. The lowest BCUT2D eigenvalue weighted by Crippen LogP contribution is -2.10. The fourth-order valence-corrected chi connectivity index (χ4v) is 3.81. The Hall–Kier alpha value is -3.58. The summed E-state index contributed by atoms with van der Waals surface area (Å²) >= 11 is 1.40. The van der Waals surface area contributed by atoms with Gasteiger partial charge in [-0.05, 0) is 66.2 Å². The number of carbonyl (C=O) groups is 1. The van der Waals surface area contributed by atoms with E-state index < -0.39 is 0 Å². The maximum Gasteiger partial charge on any atom is 0.293 e. The number of thiazole rings is 1. The SMILES string of the molecule is COc1ccc(-c2nc(NC(=O)c3ccco3)sc2-c2ccc(OC)cc2)cc1. The maximum absolute atomic E-state index is 12.4. The van der Waals surface area contributed by atoms with Crippen LogP contribution in [0.5, 0.6) is 11.5 Å². The maximum atomic E-state index is 12.4. The van der Waals surface area contributed by atoms with Gasteiger partial charge in [0.15, 0.2) is 10.9 Å². The Morgan fingerprint density at radius 2 is 1.55 bits per heavy atom. The van der Waals surface area contributed by atoms with E-state index in [1.54, 1.807) is 26.4 Å². The molecule has 4 rings (SSSR count). The Morgan fingerprint density at radius 1 is 0.931 bits per heavy atom. The second-order valence-electron chi connectivity index (χ2n) is 6.09. The third kappa shape index (κ3) is 4.00. The van der Waals surface area contributed by atoms with Crippen LogP contribution in [-0.4, -0.2) is 25.1 Å². The summed E-state index contributed by atoms with van der Waals surface area (Å²) in [5.41, 5.74) is 2.68. The van der Waals surface area contributed by atoms with Crippen molar-refractivity contribution in [1.29, 1.82) is 0 Å². The lowest BCUT2D eigenvalue weighted by Gasteiger charge is -2.05. The molecule has 2 heterocycles. The van der Waals surface area contributed by atoms with E-state index in [-0.39, 0.29) is 11.7 Å². The van der Waals surface area contributed by atoms with Crippen LogP contribution in [0.1, 0.15) is 10.6 Å². The molecule has 0 fully saturated rings. The number of methoxy groups -OCH3 is 2. The van der Waals surface area contributed by atoms with Gasteiger partial charge >= 0.3 is 0 Å². The van der Waals surface area contributed by atoms with Crippen molar-refractivity contribution in [1.82, 2.24) is 4.98 Å². The highest BCUT2D eigenvalue weighted by Gasteiger charge is 2.18. The number of furan rings is 1. The highest BCUT2D eigenvalue weighted by molar-refractivity contribution is 7.19. The average Bonchev–Trinajstić information content (AvgIpc) is 3.44. The predicted molar refractivity (Wildman–Crippen MR) is 113 cm³/mol. The summed E-state index contributed by atoms with van der Waals surface area (Å²) in [6.45, 7) is 0. The molecule has 0 atom stereocenters. The zero-order chi connectivity index (χ0) is 20.2. The zero-order valence-electron chi connectivity index (χ0n) is 15.8. The Balaban J connectivity index is 1.73. The largest absolute Gasteiger partial charge is 0.497 e. The number of nitrogens with one attached hydrogen (secondary N) is 1. The first kappa shape index (κ1) is 18.8. The van der Waals surface area contributed by atoms with E-state index in [4.69, 9.17) is 13.9 Å². The van der Waals surface area contributed by atoms with Gasteiger partial charge in [0.2, 0.25) is 0 Å². The molecule has 0 spiro atoms. The van der Waals surface area contributed by atoms with Crippen molar-refractivity contribution in [3.63, 3.8) is 0 Å². The minimum absolute atomic E-state index is 0.234. The van der Waals surface area contributed by atoms with Crippen LogP contribution in [0, 0.1) is 0 Å². The first-order valence-corrected chi connectivity index (χ1v) is 9.64. The topological polar surface area (TPSA) is 73.6 Å². The molecule has 146 valence electrons. The highest BCUT2D eigenvalue weighted by Crippen LogP contribution is 2.40. The van der Waals surface area contributed by atoms with Gasteiger partial charge in [-0.1, -0.05) is 11.3 Å². The molecule has 0 saturated heterocycles. The molecule has 7 heteroatoms. The molecule has 0 radical (unpaired) electrons. The van der Waals surface area contributed by atoms with E-state index >= 15 is 0 Å². The van der Waals surface area contributed by atoms with Crippen LogP contribution in [0.2, 0.25) is 0 Å². The number of anilines is 1. The van der Waals surface area contributed by atoms with Crippen LogP contribution >= 0.6 is 11.3 Å². The summed E-state index contributed by atoms with van der Waals surface area (Å²) in [5, 5.41) is 3.30. The van der Waals surface area contributed by atoms with Crippen LogP contribution in [0.15, 0.2) is 71.3 Å². The van der Waals surface area contributed by atoms with Crippen LogP contribution in [0.4, 0.5) is 5.13 Å². The van der Waals surface area contributed by atoms with E-state index in [0.717, 1.165) is 33.2 Å². The van der Waals surface area contributed by atoms with E-state index in [2.05, 4.69) is 10.3 Å². The quantitative estimate of drug-likeness (QED) is 0.468. The Bertz CT molecular complexity index is 1040. The second-order valence-corrected chi connectivity index (χ2v) is 7.08. The molecular formula is C22H18N2O4S. The summed E-state index contributed by atoms with van der Waals surface area (Å²) in [4.78, 5) is 18.0. The minimum atomic E-state index is -0.341. The van der Waals surface area contributed by atoms with Crippen LogP contribution in [-0.2, 0) is 0 Å². The van der Waals surface area contributed by atoms with Gasteiger partial charge in [0.05, 0.1) is 31.1 Å². The Labute approximate surface area is 171 Å². The second kappa shape index (κ2) is 8.20. The van der Waals surface area contributed by atoms with Gasteiger partial charge in [0, 0.05) is 5.56 Å². The van der Waals surface area contributed by atoms with Gasteiger partial charge in [-0.3, -0.25) is 10.1 Å². The van der Waals surface area contributed by atoms with Gasteiger partial charge in [0.1, 0.15) is 11.5 Å². The fraction of sp³-hybridized carbons (Fsp3) is 0.0909. The fourth-order valence-electron chi connectivity index (χ4n) is 2.82. The number of aromatic nitrogens is 1. The molecule has 1 amide bonds. The zero-order valence-corrected chi connectivity index (χ0v) is 16.7. The summed E-state index contributed by atoms with van der Waals surface area (Å²) < 4.78 is 15.7. The molecule has 0 bridgehead atoms. The molecule has 29 heavy (non-hydrogen) atoms. The molecule has 0 unspecified atom stereocenters. The van der Waals surface area contributed by atoms with Gasteiger partial charge in [0.25, 0.3) is 5.91 Å². The molecule has 0 aliphatic rings. The van der Waals surface area contributed by atoms with Crippen molar-refractivity contribution < 1.29 is 18.7 Å². The van der Waals surface area contributed by atoms with Crippen molar-refractivity contribution in [3.05, 3.63) is 72.7 Å². The van der Waals surface area contributed by atoms with Crippen molar-refractivity contribution in [2.75, 3.05) is 19.5 Å². The summed E-state index contributed by atoms with van der Waals surface area (Å²) in [7, 11) is 3.26. The number of ether oxygens (including phenoxy) is 2. The highest BCUT2D eigenvalue weighted by atomic mass is 32.1. The first-order valence-electron chi connectivity index (χ1n) is 8.82. The number of benzene rings is 2. The van der Waals surface area contributed by atoms with Gasteiger partial charge in [-0.15, -0.1) is 0 Å². The first-order chi connectivity index (χ1) is 14.2. The Morgan fingerprint density at radius 3 is 2.10 bits per heavy atom. The number of rotatable bonds is 6. The summed E-state index contributed by atoms with van der Waals surface area (Å²) in [6, 6.07) is 18.7.